The number of ether oxygens (including phenoxy) is 1. The van der Waals surface area contributed by atoms with E-state index in [4.69, 9.17) is 15.9 Å². The second-order valence-corrected chi connectivity index (χ2v) is 5.20. The third-order valence-electron chi connectivity index (χ3n) is 3.52. The number of para-hydroxylation sites is 1. The molecule has 1 saturated heterocycles. The van der Waals surface area contributed by atoms with E-state index < -0.39 is 0 Å². The van der Waals surface area contributed by atoms with Crippen molar-refractivity contribution in [2.24, 2.45) is 5.73 Å². The molecule has 0 radical (unpaired) electrons. The van der Waals surface area contributed by atoms with Gasteiger partial charge in [0, 0.05) is 25.2 Å². The summed E-state index contributed by atoms with van der Waals surface area (Å²) in [6.07, 6.45) is 3.51. The van der Waals surface area contributed by atoms with Crippen molar-refractivity contribution < 1.29 is 4.74 Å². The van der Waals surface area contributed by atoms with Gasteiger partial charge in [-0.15, -0.1) is 0 Å². The number of nitrogens with one attached hydrogen (secondary N) is 1. The second-order valence-electron chi connectivity index (χ2n) is 5.20. The molecule has 4 heteroatoms. The van der Waals surface area contributed by atoms with Crippen LogP contribution in [0.1, 0.15) is 26.2 Å². The molecule has 0 bridgehead atoms. The van der Waals surface area contributed by atoms with Gasteiger partial charge in [0.1, 0.15) is 0 Å². The molecule has 0 spiro atoms. The molecule has 2 unspecified atom stereocenters. The van der Waals surface area contributed by atoms with E-state index in [1.165, 1.54) is 5.69 Å². The smallest absolute Gasteiger partial charge is 0.0923 e. The third kappa shape index (κ3) is 4.24. The number of benzene rings is 1. The van der Waals surface area contributed by atoms with Gasteiger partial charge in [-0.05, 0) is 31.9 Å². The largest absolute Gasteiger partial charge is 0.388 e. The maximum absolute atomic E-state index is 7.39. The van der Waals surface area contributed by atoms with Crippen LogP contribution in [0.2, 0.25) is 0 Å². The van der Waals surface area contributed by atoms with Gasteiger partial charge < -0.3 is 15.4 Å². The van der Waals surface area contributed by atoms with Crippen molar-refractivity contribution in [1.82, 2.24) is 0 Å². The quantitative estimate of drug-likeness (QED) is 0.610. The fourth-order valence-corrected chi connectivity index (χ4v) is 2.49. The predicted octanol–water partition coefficient (Wildman–Crippen LogP) is 2.39. The Labute approximate surface area is 115 Å². The van der Waals surface area contributed by atoms with E-state index >= 15 is 0 Å². The third-order valence-corrected chi connectivity index (χ3v) is 3.52. The Bertz CT molecular complexity index is 407. The fourth-order valence-electron chi connectivity index (χ4n) is 2.49. The van der Waals surface area contributed by atoms with Gasteiger partial charge in [-0.1, -0.05) is 18.2 Å². The van der Waals surface area contributed by atoms with Gasteiger partial charge in [-0.2, -0.15) is 0 Å². The van der Waals surface area contributed by atoms with Gasteiger partial charge in [-0.3, -0.25) is 5.41 Å². The molecule has 1 aromatic rings. The average molecular weight is 261 g/mol. The summed E-state index contributed by atoms with van der Waals surface area (Å²) in [5.74, 6) is 0.238. The van der Waals surface area contributed by atoms with E-state index in [9.17, 15) is 0 Å². The number of nitrogens with two attached hydrogens (primary N) is 1. The molecule has 4 nitrogen and oxygen atoms in total. The molecule has 1 fully saturated rings. The van der Waals surface area contributed by atoms with Crippen LogP contribution in [0.4, 0.5) is 5.69 Å². The van der Waals surface area contributed by atoms with Gasteiger partial charge in [-0.25, -0.2) is 0 Å². The van der Waals surface area contributed by atoms with Crippen LogP contribution in [-0.2, 0) is 4.74 Å². The van der Waals surface area contributed by atoms with E-state index in [0.717, 1.165) is 25.9 Å². The molecule has 1 aromatic carbocycles. The molecule has 3 N–H and O–H groups in total. The molecule has 1 heterocycles. The fraction of sp³-hybridized carbons (Fsp3) is 0.533. The molecular formula is C15H23N3O. The zero-order valence-electron chi connectivity index (χ0n) is 11.5. The zero-order valence-corrected chi connectivity index (χ0v) is 11.5. The Morgan fingerprint density at radius 2 is 2.11 bits per heavy atom. The Hall–Kier alpha value is -1.55. The summed E-state index contributed by atoms with van der Waals surface area (Å²) in [4.78, 5) is 2.27. The van der Waals surface area contributed by atoms with Crippen LogP contribution in [0, 0.1) is 5.41 Å². The van der Waals surface area contributed by atoms with E-state index in [-0.39, 0.29) is 5.84 Å². The molecule has 0 amide bonds. The first-order chi connectivity index (χ1) is 9.15. The van der Waals surface area contributed by atoms with E-state index in [1.54, 1.807) is 0 Å². The Kier molecular flexibility index (Phi) is 4.80. The van der Waals surface area contributed by atoms with Crippen LogP contribution in [0.15, 0.2) is 30.3 Å². The Morgan fingerprint density at radius 3 is 2.68 bits per heavy atom. The van der Waals surface area contributed by atoms with Gasteiger partial charge >= 0.3 is 0 Å². The number of rotatable bonds is 6. The van der Waals surface area contributed by atoms with Gasteiger partial charge in [0.25, 0.3) is 0 Å². The molecule has 0 aliphatic carbocycles. The minimum Gasteiger partial charge on any atom is -0.388 e. The van der Waals surface area contributed by atoms with E-state index in [1.807, 2.05) is 18.2 Å². The van der Waals surface area contributed by atoms with Crippen LogP contribution >= 0.6 is 0 Å². The lowest BCUT2D eigenvalue weighted by Gasteiger charge is -2.27. The summed E-state index contributed by atoms with van der Waals surface area (Å²) in [6, 6.07) is 10.3. The highest BCUT2D eigenvalue weighted by Gasteiger charge is 2.24. The molecule has 2 atom stereocenters. The molecule has 1 aliphatic heterocycles. The summed E-state index contributed by atoms with van der Waals surface area (Å²) in [6.45, 7) is 3.78. The number of hydrogen-bond acceptors (Lipinski definition) is 3. The molecule has 19 heavy (non-hydrogen) atoms. The molecule has 1 aliphatic rings. The van der Waals surface area contributed by atoms with Crippen molar-refractivity contribution in [3.05, 3.63) is 30.3 Å². The summed E-state index contributed by atoms with van der Waals surface area (Å²) in [5, 5.41) is 7.39. The second kappa shape index (κ2) is 6.57. The summed E-state index contributed by atoms with van der Waals surface area (Å²) >= 11 is 0. The number of nitrogens with zero attached hydrogens (tertiary/aromatic N) is 1. The first-order valence-electron chi connectivity index (χ1n) is 6.93. The van der Waals surface area contributed by atoms with Crippen molar-refractivity contribution in [2.75, 3.05) is 18.0 Å². The van der Waals surface area contributed by atoms with Crippen molar-refractivity contribution in [3.63, 3.8) is 0 Å². The number of amidine groups is 1. The maximum Gasteiger partial charge on any atom is 0.0923 e. The van der Waals surface area contributed by atoms with Gasteiger partial charge in [0.2, 0.25) is 0 Å². The minimum atomic E-state index is 0.238. The molecule has 2 rings (SSSR count). The van der Waals surface area contributed by atoms with Crippen LogP contribution in [0.25, 0.3) is 0 Å². The zero-order chi connectivity index (χ0) is 13.7. The summed E-state index contributed by atoms with van der Waals surface area (Å²) < 4.78 is 5.89. The van der Waals surface area contributed by atoms with Crippen molar-refractivity contribution in [2.45, 2.75) is 38.4 Å². The molecule has 104 valence electrons. The Balaban J connectivity index is 1.99. The van der Waals surface area contributed by atoms with Crippen LogP contribution < -0.4 is 10.6 Å². The monoisotopic (exact) mass is 261 g/mol. The maximum atomic E-state index is 7.39. The first kappa shape index (κ1) is 13.9. The number of anilines is 1. The van der Waals surface area contributed by atoms with Crippen LogP contribution in [0.3, 0.4) is 0 Å². The van der Waals surface area contributed by atoms with Crippen molar-refractivity contribution in [3.8, 4) is 0 Å². The lowest BCUT2D eigenvalue weighted by Crippen LogP contribution is -2.35. The SMILES string of the molecule is CC1CCC(CN(CCC(=N)N)c2ccccc2)O1. The molecular weight excluding hydrogens is 238 g/mol. The Morgan fingerprint density at radius 1 is 1.37 bits per heavy atom. The molecule has 0 aromatic heterocycles. The lowest BCUT2D eigenvalue weighted by atomic mass is 10.2. The summed E-state index contributed by atoms with van der Waals surface area (Å²) in [5.41, 5.74) is 6.65. The highest BCUT2D eigenvalue weighted by Crippen LogP contribution is 2.22. The normalized spacial score (nSPS) is 22.4. The first-order valence-corrected chi connectivity index (χ1v) is 6.93. The van der Waals surface area contributed by atoms with E-state index in [0.29, 0.717) is 18.6 Å². The topological polar surface area (TPSA) is 62.3 Å². The highest BCUT2D eigenvalue weighted by atomic mass is 16.5. The predicted molar refractivity (Wildman–Crippen MR) is 78.8 cm³/mol. The molecule has 0 saturated carbocycles. The van der Waals surface area contributed by atoms with Crippen molar-refractivity contribution in [1.29, 1.82) is 5.41 Å². The van der Waals surface area contributed by atoms with Crippen molar-refractivity contribution >= 4 is 11.5 Å². The van der Waals surface area contributed by atoms with Crippen LogP contribution in [-0.4, -0.2) is 31.1 Å². The standard InChI is InChI=1S/C15H23N3O/c1-12-7-8-14(19-12)11-18(10-9-15(16)17)13-5-3-2-4-6-13/h2-6,12,14H,7-11H2,1H3,(H3,16,17). The van der Waals surface area contributed by atoms with Gasteiger partial charge in [0.15, 0.2) is 0 Å². The van der Waals surface area contributed by atoms with E-state index in [2.05, 4.69) is 24.0 Å². The average Bonchev–Trinajstić information content (AvgIpc) is 2.81. The highest BCUT2D eigenvalue weighted by molar-refractivity contribution is 5.77. The summed E-state index contributed by atoms with van der Waals surface area (Å²) in [7, 11) is 0. The van der Waals surface area contributed by atoms with Gasteiger partial charge in [0.05, 0.1) is 18.0 Å². The lowest BCUT2D eigenvalue weighted by molar-refractivity contribution is 0.0601. The minimum absolute atomic E-state index is 0.238. The number of hydrogen-bond donors (Lipinski definition) is 2. The van der Waals surface area contributed by atoms with Crippen LogP contribution in [0.5, 0.6) is 0 Å².